The topological polar surface area (TPSA) is 40.7 Å². The molecule has 2 N–H and O–H groups in total. The molecule has 1 unspecified atom stereocenters. The number of aromatic nitrogens is 2. The molecule has 0 saturated heterocycles. The second kappa shape index (κ2) is 7.44. The van der Waals surface area contributed by atoms with Crippen LogP contribution in [0.3, 0.4) is 0 Å². The third-order valence-electron chi connectivity index (χ3n) is 3.12. The van der Waals surface area contributed by atoms with Crippen molar-refractivity contribution >= 4 is 0 Å². The molecule has 0 aliphatic carbocycles. The second-order valence-electron chi connectivity index (χ2n) is 4.47. The number of hydrogen-bond donors (Lipinski definition) is 2. The Kier molecular flexibility index (Phi) is 6.16. The highest BCUT2D eigenvalue weighted by Gasteiger charge is 2.04. The van der Waals surface area contributed by atoms with Crippen LogP contribution < -0.4 is 5.32 Å². The molecule has 1 aromatic heterocycles. The van der Waals surface area contributed by atoms with E-state index in [1.807, 2.05) is 6.20 Å². The van der Waals surface area contributed by atoms with Crippen LogP contribution in [0.4, 0.5) is 0 Å². The smallest absolute Gasteiger partial charge is 0.0522 e. The van der Waals surface area contributed by atoms with E-state index in [1.165, 1.54) is 36.9 Å². The van der Waals surface area contributed by atoms with E-state index in [0.717, 1.165) is 13.0 Å². The predicted molar refractivity (Wildman–Crippen MR) is 68.6 cm³/mol. The Labute approximate surface area is 99.0 Å². The maximum atomic E-state index is 4.04. The van der Waals surface area contributed by atoms with Crippen LogP contribution in [0.15, 0.2) is 6.20 Å². The van der Waals surface area contributed by atoms with Gasteiger partial charge in [0.1, 0.15) is 0 Å². The number of H-pyrrole nitrogens is 1. The van der Waals surface area contributed by atoms with E-state index in [4.69, 9.17) is 0 Å². The lowest BCUT2D eigenvalue weighted by Crippen LogP contribution is -2.29. The zero-order valence-corrected chi connectivity index (χ0v) is 10.8. The van der Waals surface area contributed by atoms with E-state index >= 15 is 0 Å². The molecule has 92 valence electrons. The number of nitrogens with one attached hydrogen (secondary N) is 2. The largest absolute Gasteiger partial charge is 0.314 e. The van der Waals surface area contributed by atoms with Crippen molar-refractivity contribution in [3.63, 3.8) is 0 Å². The first kappa shape index (κ1) is 13.2. The monoisotopic (exact) mass is 223 g/mol. The van der Waals surface area contributed by atoms with E-state index in [2.05, 4.69) is 36.3 Å². The predicted octanol–water partition coefficient (Wildman–Crippen LogP) is 2.82. The van der Waals surface area contributed by atoms with Gasteiger partial charge < -0.3 is 5.32 Å². The van der Waals surface area contributed by atoms with Gasteiger partial charge in [0, 0.05) is 11.7 Å². The first-order chi connectivity index (χ1) is 7.77. The quantitative estimate of drug-likeness (QED) is 0.665. The van der Waals surface area contributed by atoms with Crippen molar-refractivity contribution in [2.24, 2.45) is 0 Å². The molecule has 0 bridgehead atoms. The van der Waals surface area contributed by atoms with Gasteiger partial charge in [0.05, 0.1) is 6.20 Å². The third kappa shape index (κ3) is 4.35. The van der Waals surface area contributed by atoms with Crippen LogP contribution in [-0.4, -0.2) is 22.8 Å². The number of aromatic amines is 1. The summed E-state index contributed by atoms with van der Waals surface area (Å²) in [5.41, 5.74) is 2.56. The van der Waals surface area contributed by atoms with Crippen LogP contribution in [0.2, 0.25) is 0 Å². The molecule has 0 aliphatic heterocycles. The standard InChI is InChI=1S/C13H25N3/c1-4-7-13(5-2)14-9-6-8-12-10-15-16-11(12)3/h10,13-14H,4-9H2,1-3H3,(H,15,16). The first-order valence-corrected chi connectivity index (χ1v) is 6.50. The Morgan fingerprint density at radius 1 is 1.44 bits per heavy atom. The van der Waals surface area contributed by atoms with Crippen LogP contribution in [0.1, 0.15) is 50.8 Å². The van der Waals surface area contributed by atoms with Crippen molar-refractivity contribution in [2.45, 2.75) is 58.9 Å². The van der Waals surface area contributed by atoms with Crippen molar-refractivity contribution in [3.8, 4) is 0 Å². The SMILES string of the molecule is CCCC(CC)NCCCc1cn[nH]c1C. The summed E-state index contributed by atoms with van der Waals surface area (Å²) in [7, 11) is 0. The number of aryl methyl sites for hydroxylation is 2. The summed E-state index contributed by atoms with van der Waals surface area (Å²) in [6.45, 7) is 7.71. The minimum atomic E-state index is 0.704. The molecular formula is C13H25N3. The van der Waals surface area contributed by atoms with Crippen molar-refractivity contribution < 1.29 is 0 Å². The summed E-state index contributed by atoms with van der Waals surface area (Å²) < 4.78 is 0. The van der Waals surface area contributed by atoms with Crippen LogP contribution in [0.25, 0.3) is 0 Å². The fraction of sp³-hybridized carbons (Fsp3) is 0.769. The summed E-state index contributed by atoms with van der Waals surface area (Å²) in [5, 5.41) is 10.6. The van der Waals surface area contributed by atoms with Gasteiger partial charge in [0.2, 0.25) is 0 Å². The Morgan fingerprint density at radius 2 is 2.25 bits per heavy atom. The highest BCUT2D eigenvalue weighted by atomic mass is 15.1. The Balaban J connectivity index is 2.14. The highest BCUT2D eigenvalue weighted by molar-refractivity contribution is 5.14. The first-order valence-electron chi connectivity index (χ1n) is 6.50. The maximum absolute atomic E-state index is 4.04. The van der Waals surface area contributed by atoms with Crippen LogP contribution in [0, 0.1) is 6.92 Å². The van der Waals surface area contributed by atoms with Gasteiger partial charge >= 0.3 is 0 Å². The Hall–Kier alpha value is -0.830. The molecule has 0 aromatic carbocycles. The second-order valence-corrected chi connectivity index (χ2v) is 4.47. The lowest BCUT2D eigenvalue weighted by atomic mass is 10.1. The van der Waals surface area contributed by atoms with E-state index in [9.17, 15) is 0 Å². The molecule has 0 fully saturated rings. The molecule has 3 heteroatoms. The molecule has 0 amide bonds. The number of rotatable bonds is 8. The average Bonchev–Trinajstić information content (AvgIpc) is 2.69. The molecule has 1 rings (SSSR count). The lowest BCUT2D eigenvalue weighted by molar-refractivity contribution is 0.459. The minimum Gasteiger partial charge on any atom is -0.314 e. The summed E-state index contributed by atoms with van der Waals surface area (Å²) in [6, 6.07) is 0.704. The minimum absolute atomic E-state index is 0.704. The zero-order chi connectivity index (χ0) is 11.8. The van der Waals surface area contributed by atoms with Gasteiger partial charge in [0.15, 0.2) is 0 Å². The van der Waals surface area contributed by atoms with Crippen molar-refractivity contribution in [1.82, 2.24) is 15.5 Å². The normalized spacial score (nSPS) is 12.9. The van der Waals surface area contributed by atoms with Crippen LogP contribution in [-0.2, 0) is 6.42 Å². The van der Waals surface area contributed by atoms with Gasteiger partial charge in [-0.15, -0.1) is 0 Å². The summed E-state index contributed by atoms with van der Waals surface area (Å²) in [4.78, 5) is 0. The molecule has 0 radical (unpaired) electrons. The Morgan fingerprint density at radius 3 is 2.81 bits per heavy atom. The Bertz CT molecular complexity index is 280. The summed E-state index contributed by atoms with van der Waals surface area (Å²) in [5.74, 6) is 0. The maximum Gasteiger partial charge on any atom is 0.0522 e. The molecule has 0 spiro atoms. The van der Waals surface area contributed by atoms with E-state index < -0.39 is 0 Å². The zero-order valence-electron chi connectivity index (χ0n) is 10.8. The molecule has 1 heterocycles. The van der Waals surface area contributed by atoms with Gasteiger partial charge in [0.25, 0.3) is 0 Å². The fourth-order valence-corrected chi connectivity index (χ4v) is 2.01. The average molecular weight is 223 g/mol. The van der Waals surface area contributed by atoms with Crippen LogP contribution >= 0.6 is 0 Å². The molecule has 3 nitrogen and oxygen atoms in total. The number of nitrogens with zero attached hydrogens (tertiary/aromatic N) is 1. The fourth-order valence-electron chi connectivity index (χ4n) is 2.01. The van der Waals surface area contributed by atoms with E-state index in [-0.39, 0.29) is 0 Å². The molecule has 1 atom stereocenters. The van der Waals surface area contributed by atoms with Gasteiger partial charge in [-0.05, 0) is 44.7 Å². The van der Waals surface area contributed by atoms with Gasteiger partial charge in [-0.25, -0.2) is 0 Å². The molecule has 16 heavy (non-hydrogen) atoms. The van der Waals surface area contributed by atoms with Crippen molar-refractivity contribution in [3.05, 3.63) is 17.5 Å². The highest BCUT2D eigenvalue weighted by Crippen LogP contribution is 2.06. The van der Waals surface area contributed by atoms with Gasteiger partial charge in [-0.3, -0.25) is 5.10 Å². The summed E-state index contributed by atoms with van der Waals surface area (Å²) in [6.07, 6.45) is 8.06. The van der Waals surface area contributed by atoms with Gasteiger partial charge in [-0.1, -0.05) is 20.3 Å². The molecule has 1 aromatic rings. The molecule has 0 saturated carbocycles. The third-order valence-corrected chi connectivity index (χ3v) is 3.12. The number of hydrogen-bond acceptors (Lipinski definition) is 2. The van der Waals surface area contributed by atoms with Gasteiger partial charge in [-0.2, -0.15) is 5.10 Å². The van der Waals surface area contributed by atoms with Crippen molar-refractivity contribution in [2.75, 3.05) is 6.54 Å². The van der Waals surface area contributed by atoms with Crippen LogP contribution in [0.5, 0.6) is 0 Å². The lowest BCUT2D eigenvalue weighted by Gasteiger charge is -2.15. The van der Waals surface area contributed by atoms with Crippen molar-refractivity contribution in [1.29, 1.82) is 0 Å². The molecular weight excluding hydrogens is 198 g/mol. The molecule has 0 aliphatic rings. The van der Waals surface area contributed by atoms with E-state index in [0.29, 0.717) is 6.04 Å². The van der Waals surface area contributed by atoms with E-state index in [1.54, 1.807) is 0 Å². The summed E-state index contributed by atoms with van der Waals surface area (Å²) >= 11 is 0.